The molecule has 1 aliphatic rings. The molecule has 0 spiro atoms. The number of ether oxygens (including phenoxy) is 1. The van der Waals surface area contributed by atoms with E-state index in [1.807, 2.05) is 0 Å². The van der Waals surface area contributed by atoms with Gasteiger partial charge in [0, 0.05) is 38.3 Å². The number of rotatable bonds is 6. The molecule has 2 rings (SSSR count). The van der Waals surface area contributed by atoms with Gasteiger partial charge in [0.05, 0.1) is 17.2 Å². The molecule has 126 valence electrons. The third kappa shape index (κ3) is 5.18. The molecule has 1 aromatic carbocycles. The van der Waals surface area contributed by atoms with Gasteiger partial charge in [-0.05, 0) is 24.6 Å². The molecular formula is C15H21ClN4O3. The Morgan fingerprint density at radius 1 is 1.35 bits per heavy atom. The van der Waals surface area contributed by atoms with Crippen molar-refractivity contribution < 1.29 is 14.3 Å². The maximum absolute atomic E-state index is 12.3. The van der Waals surface area contributed by atoms with Crippen molar-refractivity contribution in [2.45, 2.75) is 25.4 Å². The average molecular weight is 341 g/mol. The molecule has 2 atom stereocenters. The Bertz CT molecular complexity index is 582. The third-order valence-electron chi connectivity index (χ3n) is 3.47. The first-order chi connectivity index (χ1) is 11.0. The number of halogens is 1. The van der Waals surface area contributed by atoms with Crippen molar-refractivity contribution in [1.82, 2.24) is 16.2 Å². The lowest BCUT2D eigenvalue weighted by atomic mass is 10.1. The van der Waals surface area contributed by atoms with E-state index in [1.165, 1.54) is 6.92 Å². The Labute approximate surface area is 140 Å². The lowest BCUT2D eigenvalue weighted by Crippen LogP contribution is -2.41. The number of benzene rings is 1. The summed E-state index contributed by atoms with van der Waals surface area (Å²) in [5.41, 5.74) is 7.09. The molecule has 0 aromatic heterocycles. The third-order valence-corrected chi connectivity index (χ3v) is 3.80. The van der Waals surface area contributed by atoms with E-state index in [1.54, 1.807) is 25.3 Å². The topological polar surface area (TPSA) is 91.5 Å². The molecule has 8 heteroatoms. The quantitative estimate of drug-likeness (QED) is 0.618. The molecule has 23 heavy (non-hydrogen) atoms. The van der Waals surface area contributed by atoms with E-state index >= 15 is 0 Å². The lowest BCUT2D eigenvalue weighted by molar-refractivity contribution is -0.114. The van der Waals surface area contributed by atoms with Gasteiger partial charge in [0.25, 0.3) is 5.91 Å². The summed E-state index contributed by atoms with van der Waals surface area (Å²) in [7, 11) is 1.65. The Morgan fingerprint density at radius 3 is 2.78 bits per heavy atom. The van der Waals surface area contributed by atoms with Gasteiger partial charge in [0.15, 0.2) is 0 Å². The zero-order valence-corrected chi connectivity index (χ0v) is 13.9. The maximum Gasteiger partial charge on any atom is 0.252 e. The highest BCUT2D eigenvalue weighted by Crippen LogP contribution is 2.20. The molecule has 0 aliphatic carbocycles. The van der Waals surface area contributed by atoms with Crippen LogP contribution in [-0.4, -0.2) is 44.2 Å². The first kappa shape index (κ1) is 17.7. The largest absolute Gasteiger partial charge is 0.383 e. The molecule has 1 heterocycles. The minimum atomic E-state index is -0.279. The van der Waals surface area contributed by atoms with E-state index in [4.69, 9.17) is 16.3 Å². The first-order valence-corrected chi connectivity index (χ1v) is 7.72. The van der Waals surface area contributed by atoms with E-state index in [9.17, 15) is 9.59 Å². The van der Waals surface area contributed by atoms with Crippen LogP contribution in [0.1, 0.15) is 23.7 Å². The fraction of sp³-hybridized carbons (Fsp3) is 0.467. The summed E-state index contributed by atoms with van der Waals surface area (Å²) in [6.45, 7) is 2.48. The highest BCUT2D eigenvalue weighted by atomic mass is 35.5. The predicted molar refractivity (Wildman–Crippen MR) is 88.4 cm³/mol. The molecule has 1 saturated heterocycles. The zero-order valence-electron chi connectivity index (χ0n) is 13.1. The van der Waals surface area contributed by atoms with E-state index in [-0.39, 0.29) is 23.9 Å². The number of carbonyl (C=O) groups excluding carboxylic acids is 2. The Hall–Kier alpha value is -1.67. The lowest BCUT2D eigenvalue weighted by Gasteiger charge is -2.12. The molecule has 0 radical (unpaired) electrons. The summed E-state index contributed by atoms with van der Waals surface area (Å²) in [4.78, 5) is 23.4. The van der Waals surface area contributed by atoms with Crippen LogP contribution in [0.2, 0.25) is 5.02 Å². The van der Waals surface area contributed by atoms with Gasteiger partial charge in [-0.3, -0.25) is 20.4 Å². The number of hydrogen-bond acceptors (Lipinski definition) is 5. The van der Waals surface area contributed by atoms with Gasteiger partial charge in [-0.15, -0.1) is 0 Å². The van der Waals surface area contributed by atoms with Crippen molar-refractivity contribution in [2.75, 3.05) is 25.6 Å². The predicted octanol–water partition coefficient (Wildman–Crippen LogP) is 0.910. The second-order valence-corrected chi connectivity index (χ2v) is 5.87. The van der Waals surface area contributed by atoms with Gasteiger partial charge >= 0.3 is 0 Å². The molecule has 4 N–H and O–H groups in total. The van der Waals surface area contributed by atoms with Crippen LogP contribution >= 0.6 is 11.6 Å². The van der Waals surface area contributed by atoms with Gasteiger partial charge in [-0.1, -0.05) is 11.6 Å². The number of carbonyl (C=O) groups is 2. The van der Waals surface area contributed by atoms with Gasteiger partial charge in [-0.25, -0.2) is 0 Å². The van der Waals surface area contributed by atoms with Crippen LogP contribution in [-0.2, 0) is 9.53 Å². The van der Waals surface area contributed by atoms with Crippen LogP contribution in [0.5, 0.6) is 0 Å². The average Bonchev–Trinajstić information content (AvgIpc) is 2.94. The van der Waals surface area contributed by atoms with Crippen molar-refractivity contribution in [2.24, 2.45) is 0 Å². The highest BCUT2D eigenvalue weighted by molar-refractivity contribution is 6.34. The maximum atomic E-state index is 12.3. The Morgan fingerprint density at radius 2 is 2.09 bits per heavy atom. The van der Waals surface area contributed by atoms with Crippen molar-refractivity contribution in [3.63, 3.8) is 0 Å². The van der Waals surface area contributed by atoms with Crippen LogP contribution < -0.4 is 21.5 Å². The fourth-order valence-electron chi connectivity index (χ4n) is 2.43. The molecule has 0 bridgehead atoms. The van der Waals surface area contributed by atoms with Crippen molar-refractivity contribution >= 4 is 29.1 Å². The second-order valence-electron chi connectivity index (χ2n) is 5.46. The molecule has 0 saturated carbocycles. The van der Waals surface area contributed by atoms with Crippen LogP contribution in [0.4, 0.5) is 5.69 Å². The summed E-state index contributed by atoms with van der Waals surface area (Å²) in [5, 5.41) is 5.82. The molecule has 1 aromatic rings. The Kier molecular flexibility index (Phi) is 6.35. The van der Waals surface area contributed by atoms with Crippen LogP contribution in [0, 0.1) is 0 Å². The normalized spacial score (nSPS) is 20.3. The van der Waals surface area contributed by atoms with Crippen molar-refractivity contribution in [3.8, 4) is 0 Å². The molecule has 1 aliphatic heterocycles. The van der Waals surface area contributed by atoms with Crippen molar-refractivity contribution in [1.29, 1.82) is 0 Å². The Balaban J connectivity index is 1.91. The summed E-state index contributed by atoms with van der Waals surface area (Å²) in [6.07, 6.45) is 0.855. The molecule has 2 unspecified atom stereocenters. The first-order valence-electron chi connectivity index (χ1n) is 7.35. The fourth-order valence-corrected chi connectivity index (χ4v) is 2.64. The SMILES string of the molecule is COCC1CC(CNC(=O)c2cc(NC(C)=O)ccc2Cl)NN1. The minimum absolute atomic E-state index is 0.122. The number of anilines is 1. The van der Waals surface area contributed by atoms with Crippen LogP contribution in [0.25, 0.3) is 0 Å². The molecule has 7 nitrogen and oxygen atoms in total. The minimum Gasteiger partial charge on any atom is -0.383 e. The van der Waals surface area contributed by atoms with Gasteiger partial charge in [0.1, 0.15) is 0 Å². The van der Waals surface area contributed by atoms with E-state index in [0.29, 0.717) is 29.4 Å². The molecule has 2 amide bonds. The highest BCUT2D eigenvalue weighted by Gasteiger charge is 2.24. The van der Waals surface area contributed by atoms with Crippen molar-refractivity contribution in [3.05, 3.63) is 28.8 Å². The summed E-state index contributed by atoms with van der Waals surface area (Å²) < 4.78 is 5.09. The zero-order chi connectivity index (χ0) is 16.8. The number of methoxy groups -OCH3 is 1. The number of amides is 2. The second kappa shape index (κ2) is 8.26. The van der Waals surface area contributed by atoms with E-state index < -0.39 is 0 Å². The number of nitrogens with one attached hydrogen (secondary N) is 4. The molecular weight excluding hydrogens is 320 g/mol. The van der Waals surface area contributed by atoms with Gasteiger partial charge < -0.3 is 15.4 Å². The monoisotopic (exact) mass is 340 g/mol. The summed E-state index contributed by atoms with van der Waals surface area (Å²) >= 11 is 6.07. The number of hydrogen-bond donors (Lipinski definition) is 4. The van der Waals surface area contributed by atoms with Crippen LogP contribution in [0.3, 0.4) is 0 Å². The van der Waals surface area contributed by atoms with E-state index in [0.717, 1.165) is 6.42 Å². The summed E-state index contributed by atoms with van der Waals surface area (Å²) in [5.74, 6) is -0.483. The van der Waals surface area contributed by atoms with Gasteiger partial charge in [0.2, 0.25) is 5.91 Å². The van der Waals surface area contributed by atoms with Gasteiger partial charge in [-0.2, -0.15) is 0 Å². The number of hydrazine groups is 1. The van der Waals surface area contributed by atoms with E-state index in [2.05, 4.69) is 21.5 Å². The smallest absolute Gasteiger partial charge is 0.252 e. The molecule has 1 fully saturated rings. The summed E-state index contributed by atoms with van der Waals surface area (Å²) in [6, 6.07) is 5.15. The van der Waals surface area contributed by atoms with Crippen LogP contribution in [0.15, 0.2) is 18.2 Å². The standard InChI is InChI=1S/C15H21ClN4O3/c1-9(21)18-10-3-4-14(16)13(6-10)15(22)17-7-11-5-12(8-23-2)20-19-11/h3-4,6,11-12,19-20H,5,7-8H2,1-2H3,(H,17,22)(H,18,21).